The quantitative estimate of drug-likeness (QED) is 0.615. The zero-order chi connectivity index (χ0) is 17.3. The van der Waals surface area contributed by atoms with Crippen molar-refractivity contribution in [3.05, 3.63) is 35.6 Å². The SMILES string of the molecule is CCCCCN(Cc1ccc(F)cc1)S(=O)(=O)N(C)CCC#N. The van der Waals surface area contributed by atoms with Gasteiger partial charge in [-0.15, -0.1) is 0 Å². The van der Waals surface area contributed by atoms with Gasteiger partial charge in [0, 0.05) is 33.1 Å². The Morgan fingerprint density at radius 1 is 1.17 bits per heavy atom. The molecule has 0 aliphatic rings. The number of halogens is 1. The molecule has 0 saturated heterocycles. The Kier molecular flexibility index (Phi) is 8.17. The lowest BCUT2D eigenvalue weighted by Crippen LogP contribution is -2.42. The van der Waals surface area contributed by atoms with Crippen LogP contribution in [-0.4, -0.2) is 37.2 Å². The molecular formula is C16H24FN3O2S. The second-order valence-corrected chi connectivity index (χ2v) is 7.44. The molecule has 7 heteroatoms. The number of hydrogen-bond acceptors (Lipinski definition) is 3. The summed E-state index contributed by atoms with van der Waals surface area (Å²) in [7, 11) is -2.16. The Morgan fingerprint density at radius 3 is 2.39 bits per heavy atom. The first-order valence-corrected chi connectivity index (χ1v) is 9.14. The largest absolute Gasteiger partial charge is 0.282 e. The highest BCUT2D eigenvalue weighted by molar-refractivity contribution is 7.86. The molecule has 0 saturated carbocycles. The molecule has 0 radical (unpaired) electrons. The van der Waals surface area contributed by atoms with Crippen LogP contribution in [0.1, 0.15) is 38.2 Å². The Bertz CT molecular complexity index is 611. The van der Waals surface area contributed by atoms with Gasteiger partial charge in [0.15, 0.2) is 0 Å². The predicted molar refractivity (Wildman–Crippen MR) is 88.1 cm³/mol. The highest BCUT2D eigenvalue weighted by Crippen LogP contribution is 2.15. The molecule has 1 aromatic rings. The zero-order valence-corrected chi connectivity index (χ0v) is 14.5. The first-order valence-electron chi connectivity index (χ1n) is 7.74. The number of unbranched alkanes of at least 4 members (excludes halogenated alkanes) is 2. The van der Waals surface area contributed by atoms with Crippen LogP contribution in [0.2, 0.25) is 0 Å². The molecule has 5 nitrogen and oxygen atoms in total. The number of nitriles is 1. The van der Waals surface area contributed by atoms with Crippen molar-refractivity contribution in [3.63, 3.8) is 0 Å². The molecule has 0 amide bonds. The van der Waals surface area contributed by atoms with Gasteiger partial charge in [-0.05, 0) is 24.1 Å². The van der Waals surface area contributed by atoms with Gasteiger partial charge in [0.2, 0.25) is 0 Å². The minimum absolute atomic E-state index is 0.148. The maximum Gasteiger partial charge on any atom is 0.282 e. The summed E-state index contributed by atoms with van der Waals surface area (Å²) >= 11 is 0. The maximum atomic E-state index is 13.0. The van der Waals surface area contributed by atoms with Crippen LogP contribution in [0.15, 0.2) is 24.3 Å². The Morgan fingerprint density at radius 2 is 1.83 bits per heavy atom. The zero-order valence-electron chi connectivity index (χ0n) is 13.7. The summed E-state index contributed by atoms with van der Waals surface area (Å²) in [4.78, 5) is 0. The molecule has 23 heavy (non-hydrogen) atoms. The van der Waals surface area contributed by atoms with E-state index < -0.39 is 10.2 Å². The smallest absolute Gasteiger partial charge is 0.207 e. The van der Waals surface area contributed by atoms with Crippen molar-refractivity contribution >= 4 is 10.2 Å². The summed E-state index contributed by atoms with van der Waals surface area (Å²) in [5, 5.41) is 8.63. The molecule has 1 aromatic carbocycles. The van der Waals surface area contributed by atoms with Crippen molar-refractivity contribution in [3.8, 4) is 6.07 Å². The highest BCUT2D eigenvalue weighted by Gasteiger charge is 2.26. The molecule has 0 unspecified atom stereocenters. The first kappa shape index (κ1) is 19.6. The predicted octanol–water partition coefficient (Wildman–Crippen LogP) is 2.91. The molecular weight excluding hydrogens is 317 g/mol. The van der Waals surface area contributed by atoms with Crippen molar-refractivity contribution in [2.45, 2.75) is 39.2 Å². The number of hydrogen-bond donors (Lipinski definition) is 0. The van der Waals surface area contributed by atoms with Gasteiger partial charge in [0.25, 0.3) is 10.2 Å². The van der Waals surface area contributed by atoms with Crippen molar-refractivity contribution in [2.75, 3.05) is 20.1 Å². The molecule has 0 N–H and O–H groups in total. The van der Waals surface area contributed by atoms with E-state index in [2.05, 4.69) is 6.92 Å². The molecule has 0 heterocycles. The van der Waals surface area contributed by atoms with Crippen molar-refractivity contribution in [1.29, 1.82) is 5.26 Å². The van der Waals surface area contributed by atoms with Crippen LogP contribution in [0.3, 0.4) is 0 Å². The summed E-state index contributed by atoms with van der Waals surface area (Å²) < 4.78 is 40.9. The summed E-state index contributed by atoms with van der Waals surface area (Å²) in [5.74, 6) is -0.347. The molecule has 0 aliphatic carbocycles. The third kappa shape index (κ3) is 6.26. The topological polar surface area (TPSA) is 64.4 Å². The molecule has 0 aliphatic heterocycles. The fourth-order valence-electron chi connectivity index (χ4n) is 2.13. The van der Waals surface area contributed by atoms with E-state index in [1.165, 1.54) is 27.8 Å². The molecule has 0 fully saturated rings. The third-order valence-electron chi connectivity index (χ3n) is 3.54. The van der Waals surface area contributed by atoms with E-state index in [1.54, 1.807) is 12.1 Å². The Labute approximate surface area is 138 Å². The van der Waals surface area contributed by atoms with E-state index in [1.807, 2.05) is 6.07 Å². The van der Waals surface area contributed by atoms with Gasteiger partial charge in [-0.25, -0.2) is 4.39 Å². The van der Waals surface area contributed by atoms with Crippen LogP contribution in [0, 0.1) is 17.1 Å². The second-order valence-electron chi connectivity index (χ2n) is 5.40. The van der Waals surface area contributed by atoms with Crippen LogP contribution in [0.5, 0.6) is 0 Å². The standard InChI is InChI=1S/C16H24FN3O2S/c1-3-4-5-13-20(14-15-7-9-16(17)10-8-15)23(21,22)19(2)12-6-11-18/h7-10H,3-6,12-14H2,1-2H3. The van der Waals surface area contributed by atoms with Gasteiger partial charge in [-0.3, -0.25) is 0 Å². The lowest BCUT2D eigenvalue weighted by atomic mass is 10.2. The summed E-state index contributed by atoms with van der Waals surface area (Å²) in [5.41, 5.74) is 0.736. The van der Waals surface area contributed by atoms with E-state index >= 15 is 0 Å². The molecule has 0 aromatic heterocycles. The Hall–Kier alpha value is -1.49. The third-order valence-corrected chi connectivity index (χ3v) is 5.48. The summed E-state index contributed by atoms with van der Waals surface area (Å²) in [6.07, 6.45) is 2.85. The van der Waals surface area contributed by atoms with Crippen molar-refractivity contribution < 1.29 is 12.8 Å². The number of benzene rings is 1. The van der Waals surface area contributed by atoms with Crippen LogP contribution in [0.25, 0.3) is 0 Å². The number of nitrogens with zero attached hydrogens (tertiary/aromatic N) is 3. The molecule has 0 spiro atoms. The van der Waals surface area contributed by atoms with E-state index in [9.17, 15) is 12.8 Å². The normalized spacial score (nSPS) is 11.8. The van der Waals surface area contributed by atoms with Crippen LogP contribution in [0.4, 0.5) is 4.39 Å². The second kappa shape index (κ2) is 9.60. The van der Waals surface area contributed by atoms with Gasteiger partial charge in [0.1, 0.15) is 5.82 Å². The average Bonchev–Trinajstić information content (AvgIpc) is 2.53. The first-order chi connectivity index (χ1) is 10.9. The molecule has 0 atom stereocenters. The fourth-order valence-corrected chi connectivity index (χ4v) is 3.52. The minimum Gasteiger partial charge on any atom is -0.207 e. The van der Waals surface area contributed by atoms with E-state index in [-0.39, 0.29) is 25.3 Å². The lowest BCUT2D eigenvalue weighted by molar-refractivity contribution is 0.349. The van der Waals surface area contributed by atoms with E-state index in [0.717, 1.165) is 24.8 Å². The maximum absolute atomic E-state index is 13.0. The van der Waals surface area contributed by atoms with Crippen molar-refractivity contribution in [1.82, 2.24) is 8.61 Å². The van der Waals surface area contributed by atoms with Crippen molar-refractivity contribution in [2.24, 2.45) is 0 Å². The molecule has 1 rings (SSSR count). The fraction of sp³-hybridized carbons (Fsp3) is 0.562. The summed E-state index contributed by atoms with van der Waals surface area (Å²) in [6.45, 7) is 2.82. The molecule has 128 valence electrons. The number of rotatable bonds is 10. The van der Waals surface area contributed by atoms with Gasteiger partial charge >= 0.3 is 0 Å². The monoisotopic (exact) mass is 341 g/mol. The van der Waals surface area contributed by atoms with Gasteiger partial charge in [0.05, 0.1) is 6.07 Å². The summed E-state index contributed by atoms with van der Waals surface area (Å²) in [6, 6.07) is 7.78. The van der Waals surface area contributed by atoms with Crippen LogP contribution < -0.4 is 0 Å². The Balaban J connectivity index is 2.89. The highest BCUT2D eigenvalue weighted by atomic mass is 32.2. The van der Waals surface area contributed by atoms with Crippen LogP contribution >= 0.6 is 0 Å². The van der Waals surface area contributed by atoms with Gasteiger partial charge in [-0.1, -0.05) is 31.9 Å². The van der Waals surface area contributed by atoms with Gasteiger partial charge in [-0.2, -0.15) is 22.3 Å². The average molecular weight is 341 g/mol. The molecule has 0 bridgehead atoms. The van der Waals surface area contributed by atoms with E-state index in [4.69, 9.17) is 5.26 Å². The minimum atomic E-state index is -3.64. The van der Waals surface area contributed by atoms with Crippen LogP contribution in [-0.2, 0) is 16.8 Å². The van der Waals surface area contributed by atoms with E-state index in [0.29, 0.717) is 6.54 Å². The van der Waals surface area contributed by atoms with Gasteiger partial charge < -0.3 is 0 Å². The lowest BCUT2D eigenvalue weighted by Gasteiger charge is -2.27.